The summed E-state index contributed by atoms with van der Waals surface area (Å²) in [6.07, 6.45) is 0. The van der Waals surface area contributed by atoms with Crippen LogP contribution in [0.3, 0.4) is 0 Å². The van der Waals surface area contributed by atoms with Crippen molar-refractivity contribution in [3.05, 3.63) is 58.4 Å². The molecule has 0 unspecified atom stereocenters. The number of aryl methyl sites for hydroxylation is 1. The molecule has 1 aromatic heterocycles. The summed E-state index contributed by atoms with van der Waals surface area (Å²) < 4.78 is 10.4. The Hall–Kier alpha value is -2.07. The molecular formula is C15H14ClNO3. The molecule has 0 saturated heterocycles. The van der Waals surface area contributed by atoms with Crippen LogP contribution in [0.25, 0.3) is 0 Å². The van der Waals surface area contributed by atoms with Crippen LogP contribution in [0, 0.1) is 6.92 Å². The topological polar surface area (TPSA) is 48.4 Å². The molecule has 0 fully saturated rings. The maximum atomic E-state index is 11.9. The van der Waals surface area contributed by atoms with Crippen molar-refractivity contribution in [1.82, 2.24) is 4.98 Å². The van der Waals surface area contributed by atoms with E-state index in [0.717, 1.165) is 11.3 Å². The first-order valence-electron chi connectivity index (χ1n) is 6.03. The van der Waals surface area contributed by atoms with E-state index in [0.29, 0.717) is 11.3 Å². The fourth-order valence-electron chi connectivity index (χ4n) is 1.74. The van der Waals surface area contributed by atoms with Gasteiger partial charge in [0.25, 0.3) is 0 Å². The van der Waals surface area contributed by atoms with Gasteiger partial charge in [0.1, 0.15) is 17.5 Å². The van der Waals surface area contributed by atoms with Crippen LogP contribution in [-0.2, 0) is 11.3 Å². The van der Waals surface area contributed by atoms with Crippen LogP contribution in [0.15, 0.2) is 36.4 Å². The third-order valence-electron chi connectivity index (χ3n) is 2.66. The van der Waals surface area contributed by atoms with E-state index in [1.165, 1.54) is 6.07 Å². The average molecular weight is 292 g/mol. The Balaban J connectivity index is 2.04. The smallest absolute Gasteiger partial charge is 0.338 e. The van der Waals surface area contributed by atoms with E-state index >= 15 is 0 Å². The van der Waals surface area contributed by atoms with E-state index in [-0.39, 0.29) is 11.8 Å². The van der Waals surface area contributed by atoms with Gasteiger partial charge in [0.05, 0.1) is 12.7 Å². The Morgan fingerprint density at radius 2 is 2.10 bits per heavy atom. The fraction of sp³-hybridized carbons (Fsp3) is 0.200. The molecule has 104 valence electrons. The van der Waals surface area contributed by atoms with Gasteiger partial charge in [-0.05, 0) is 36.8 Å². The number of pyridine rings is 1. The number of esters is 1. The Bertz CT molecular complexity index is 608. The van der Waals surface area contributed by atoms with E-state index in [1.54, 1.807) is 20.1 Å². The van der Waals surface area contributed by atoms with Crippen molar-refractivity contribution in [2.45, 2.75) is 13.5 Å². The van der Waals surface area contributed by atoms with Gasteiger partial charge < -0.3 is 9.47 Å². The van der Waals surface area contributed by atoms with Gasteiger partial charge >= 0.3 is 5.97 Å². The molecule has 0 amide bonds. The molecule has 2 aromatic rings. The number of carbonyl (C=O) groups is 1. The van der Waals surface area contributed by atoms with Crippen LogP contribution in [0.4, 0.5) is 0 Å². The molecule has 0 spiro atoms. The maximum absolute atomic E-state index is 11.9. The highest BCUT2D eigenvalue weighted by molar-refractivity contribution is 6.29. The van der Waals surface area contributed by atoms with Crippen LogP contribution in [0.2, 0.25) is 5.15 Å². The zero-order valence-corrected chi connectivity index (χ0v) is 12.0. The van der Waals surface area contributed by atoms with Crippen molar-refractivity contribution in [2.24, 2.45) is 0 Å². The third-order valence-corrected chi connectivity index (χ3v) is 2.86. The molecule has 0 aliphatic heterocycles. The highest BCUT2D eigenvalue weighted by Crippen LogP contribution is 2.15. The van der Waals surface area contributed by atoms with Crippen LogP contribution in [-0.4, -0.2) is 18.1 Å². The summed E-state index contributed by atoms with van der Waals surface area (Å²) >= 11 is 5.82. The number of nitrogens with zero attached hydrogens (tertiary/aromatic N) is 1. The number of benzene rings is 1. The monoisotopic (exact) mass is 291 g/mol. The minimum Gasteiger partial charge on any atom is -0.497 e. The number of hydrogen-bond acceptors (Lipinski definition) is 4. The second-order valence-corrected chi connectivity index (χ2v) is 4.63. The molecule has 2 rings (SSSR count). The summed E-state index contributed by atoms with van der Waals surface area (Å²) in [7, 11) is 1.59. The van der Waals surface area contributed by atoms with Crippen LogP contribution >= 0.6 is 11.6 Å². The molecule has 0 N–H and O–H groups in total. The van der Waals surface area contributed by atoms with E-state index in [4.69, 9.17) is 21.1 Å². The average Bonchev–Trinajstić information content (AvgIpc) is 2.44. The number of ether oxygens (including phenoxy) is 2. The van der Waals surface area contributed by atoms with E-state index in [2.05, 4.69) is 4.98 Å². The molecule has 1 heterocycles. The zero-order valence-electron chi connectivity index (χ0n) is 11.2. The first-order chi connectivity index (χ1) is 9.58. The Morgan fingerprint density at radius 1 is 1.30 bits per heavy atom. The molecule has 20 heavy (non-hydrogen) atoms. The van der Waals surface area contributed by atoms with E-state index in [1.807, 2.05) is 24.3 Å². The standard InChI is InChI=1S/C15H14ClNO3/c1-10-6-12(8-14(16)17-10)15(18)20-9-11-4-3-5-13(7-11)19-2/h3-8H,9H2,1-2H3. The third kappa shape index (κ3) is 3.71. The Morgan fingerprint density at radius 3 is 2.80 bits per heavy atom. The predicted molar refractivity (Wildman–Crippen MR) is 76.1 cm³/mol. The van der Waals surface area contributed by atoms with Gasteiger partial charge in [-0.2, -0.15) is 0 Å². The molecule has 0 aliphatic rings. The second kappa shape index (κ2) is 6.39. The number of aromatic nitrogens is 1. The maximum Gasteiger partial charge on any atom is 0.338 e. The number of hydrogen-bond donors (Lipinski definition) is 0. The second-order valence-electron chi connectivity index (χ2n) is 4.25. The van der Waals surface area contributed by atoms with Crippen LogP contribution in [0.5, 0.6) is 5.75 Å². The summed E-state index contributed by atoms with van der Waals surface area (Å²) in [5, 5.41) is 0.276. The summed E-state index contributed by atoms with van der Waals surface area (Å²) in [4.78, 5) is 15.9. The number of carbonyl (C=O) groups excluding carboxylic acids is 1. The first kappa shape index (κ1) is 14.3. The number of methoxy groups -OCH3 is 1. The molecule has 4 nitrogen and oxygen atoms in total. The molecule has 0 radical (unpaired) electrons. The van der Waals surface area contributed by atoms with Gasteiger partial charge in [0, 0.05) is 5.69 Å². The predicted octanol–water partition coefficient (Wildman–Crippen LogP) is 3.41. The van der Waals surface area contributed by atoms with E-state index < -0.39 is 5.97 Å². The van der Waals surface area contributed by atoms with Crippen LogP contribution < -0.4 is 4.74 Å². The summed E-state index contributed by atoms with van der Waals surface area (Å²) in [5.74, 6) is 0.293. The molecule has 5 heteroatoms. The normalized spacial score (nSPS) is 10.2. The molecule has 0 aliphatic carbocycles. The zero-order chi connectivity index (χ0) is 14.5. The quantitative estimate of drug-likeness (QED) is 0.640. The summed E-state index contributed by atoms with van der Waals surface area (Å²) in [6.45, 7) is 1.94. The molecule has 0 atom stereocenters. The van der Waals surface area contributed by atoms with Crippen molar-refractivity contribution < 1.29 is 14.3 Å². The molecule has 0 saturated carbocycles. The van der Waals surface area contributed by atoms with Gasteiger partial charge in [-0.1, -0.05) is 23.7 Å². The Labute approximate surface area is 122 Å². The number of rotatable bonds is 4. The van der Waals surface area contributed by atoms with Crippen molar-refractivity contribution in [2.75, 3.05) is 7.11 Å². The first-order valence-corrected chi connectivity index (χ1v) is 6.40. The summed E-state index contributed by atoms with van der Waals surface area (Å²) in [6, 6.07) is 10.5. The lowest BCUT2D eigenvalue weighted by Crippen LogP contribution is -2.06. The van der Waals surface area contributed by atoms with Gasteiger partial charge in [-0.25, -0.2) is 9.78 Å². The van der Waals surface area contributed by atoms with Crippen molar-refractivity contribution in [3.8, 4) is 5.75 Å². The van der Waals surface area contributed by atoms with Gasteiger partial charge in [-0.3, -0.25) is 0 Å². The van der Waals surface area contributed by atoms with E-state index in [9.17, 15) is 4.79 Å². The van der Waals surface area contributed by atoms with Crippen molar-refractivity contribution >= 4 is 17.6 Å². The largest absolute Gasteiger partial charge is 0.497 e. The molecule has 1 aromatic carbocycles. The van der Waals surface area contributed by atoms with Gasteiger partial charge in [0.2, 0.25) is 0 Å². The van der Waals surface area contributed by atoms with Crippen molar-refractivity contribution in [1.29, 1.82) is 0 Å². The SMILES string of the molecule is COc1cccc(COC(=O)c2cc(C)nc(Cl)c2)c1. The van der Waals surface area contributed by atoms with Crippen molar-refractivity contribution in [3.63, 3.8) is 0 Å². The lowest BCUT2D eigenvalue weighted by molar-refractivity contribution is 0.0472. The van der Waals surface area contributed by atoms with Gasteiger partial charge in [-0.15, -0.1) is 0 Å². The molecular weight excluding hydrogens is 278 g/mol. The van der Waals surface area contributed by atoms with Gasteiger partial charge in [0.15, 0.2) is 0 Å². The minimum atomic E-state index is -0.430. The minimum absolute atomic E-state index is 0.176. The fourth-order valence-corrected chi connectivity index (χ4v) is 1.99. The van der Waals surface area contributed by atoms with Crippen LogP contribution in [0.1, 0.15) is 21.6 Å². The highest BCUT2D eigenvalue weighted by atomic mass is 35.5. The number of halogens is 1. The molecule has 0 bridgehead atoms. The lowest BCUT2D eigenvalue weighted by Gasteiger charge is -2.07. The lowest BCUT2D eigenvalue weighted by atomic mass is 10.2. The highest BCUT2D eigenvalue weighted by Gasteiger charge is 2.10. The summed E-state index contributed by atoms with van der Waals surface area (Å²) in [5.41, 5.74) is 1.92. The Kier molecular flexibility index (Phi) is 4.58.